The van der Waals surface area contributed by atoms with Crippen molar-refractivity contribution in [2.75, 3.05) is 19.7 Å². The van der Waals surface area contributed by atoms with Crippen LogP contribution >= 0.6 is 24.0 Å². The fourth-order valence-corrected chi connectivity index (χ4v) is 4.17. The van der Waals surface area contributed by atoms with Crippen molar-refractivity contribution in [3.63, 3.8) is 0 Å². The van der Waals surface area contributed by atoms with Crippen LogP contribution in [0.2, 0.25) is 0 Å². The van der Waals surface area contributed by atoms with Crippen LogP contribution in [0.5, 0.6) is 0 Å². The van der Waals surface area contributed by atoms with Gasteiger partial charge in [0.05, 0.1) is 19.0 Å². The van der Waals surface area contributed by atoms with E-state index in [2.05, 4.69) is 72.1 Å². The number of nitrogens with one attached hydrogen (secondary N) is 2. The molecular weight excluding hydrogens is 501 g/mol. The predicted molar refractivity (Wildman–Crippen MR) is 138 cm³/mol. The second-order valence-electron chi connectivity index (χ2n) is 9.19. The van der Waals surface area contributed by atoms with E-state index < -0.39 is 0 Å². The summed E-state index contributed by atoms with van der Waals surface area (Å²) in [5.41, 5.74) is 2.61. The van der Waals surface area contributed by atoms with Gasteiger partial charge in [-0.2, -0.15) is 0 Å². The van der Waals surface area contributed by atoms with Gasteiger partial charge in [-0.3, -0.25) is 0 Å². The van der Waals surface area contributed by atoms with Crippen molar-refractivity contribution in [2.24, 2.45) is 16.3 Å². The Hall–Kier alpha value is -1.61. The van der Waals surface area contributed by atoms with Gasteiger partial charge in [0.15, 0.2) is 5.96 Å². The van der Waals surface area contributed by atoms with Crippen LogP contribution in [-0.2, 0) is 17.8 Å². The SMILES string of the molecule is CCNC(=NCc1cccc(Cn2ccnc2)c1)NCC1CCCOC1C(C)(C)C.I. The molecule has 172 valence electrons. The van der Waals surface area contributed by atoms with E-state index in [0.717, 1.165) is 38.6 Å². The fourth-order valence-electron chi connectivity index (χ4n) is 4.17. The lowest BCUT2D eigenvalue weighted by Crippen LogP contribution is -2.47. The molecular formula is C24H38IN5O. The van der Waals surface area contributed by atoms with Crippen LogP contribution in [0.4, 0.5) is 0 Å². The summed E-state index contributed by atoms with van der Waals surface area (Å²) in [5.74, 6) is 1.37. The Bertz CT molecular complexity index is 801. The molecule has 31 heavy (non-hydrogen) atoms. The molecule has 1 aromatic heterocycles. The first-order valence-electron chi connectivity index (χ1n) is 11.1. The number of rotatable bonds is 7. The number of hydrogen-bond acceptors (Lipinski definition) is 3. The summed E-state index contributed by atoms with van der Waals surface area (Å²) >= 11 is 0. The molecule has 0 aliphatic carbocycles. The van der Waals surface area contributed by atoms with Crippen LogP contribution in [0.1, 0.15) is 51.7 Å². The summed E-state index contributed by atoms with van der Waals surface area (Å²) in [6, 6.07) is 8.60. The molecule has 2 atom stereocenters. The maximum Gasteiger partial charge on any atom is 0.191 e. The molecule has 0 amide bonds. The first-order chi connectivity index (χ1) is 14.5. The van der Waals surface area contributed by atoms with Crippen LogP contribution in [0.3, 0.4) is 0 Å². The molecule has 2 aromatic rings. The van der Waals surface area contributed by atoms with Crippen LogP contribution in [0, 0.1) is 11.3 Å². The maximum atomic E-state index is 6.13. The van der Waals surface area contributed by atoms with E-state index in [1.807, 2.05) is 18.7 Å². The highest BCUT2D eigenvalue weighted by Gasteiger charge is 2.35. The number of imidazole rings is 1. The molecule has 6 nitrogen and oxygen atoms in total. The Morgan fingerprint density at radius 1 is 1.26 bits per heavy atom. The number of aromatic nitrogens is 2. The zero-order chi connectivity index (χ0) is 21.4. The number of halogens is 1. The van der Waals surface area contributed by atoms with E-state index in [-0.39, 0.29) is 35.5 Å². The molecule has 0 spiro atoms. The van der Waals surface area contributed by atoms with Gasteiger partial charge >= 0.3 is 0 Å². The summed E-state index contributed by atoms with van der Waals surface area (Å²) in [5, 5.41) is 6.94. The normalized spacial score (nSPS) is 19.5. The lowest BCUT2D eigenvalue weighted by Gasteiger charge is -2.40. The van der Waals surface area contributed by atoms with Crippen LogP contribution < -0.4 is 10.6 Å². The molecule has 3 rings (SSSR count). The third-order valence-corrected chi connectivity index (χ3v) is 5.51. The largest absolute Gasteiger partial charge is 0.377 e. The minimum Gasteiger partial charge on any atom is -0.377 e. The minimum atomic E-state index is 0. The Kier molecular flexibility index (Phi) is 10.3. The van der Waals surface area contributed by atoms with Crippen molar-refractivity contribution in [2.45, 2.75) is 59.7 Å². The summed E-state index contributed by atoms with van der Waals surface area (Å²) < 4.78 is 8.20. The average Bonchev–Trinajstić information content (AvgIpc) is 3.23. The van der Waals surface area contributed by atoms with Gasteiger partial charge in [-0.25, -0.2) is 9.98 Å². The smallest absolute Gasteiger partial charge is 0.191 e. The predicted octanol–water partition coefficient (Wildman–Crippen LogP) is 4.45. The zero-order valence-electron chi connectivity index (χ0n) is 19.3. The molecule has 0 saturated carbocycles. The quantitative estimate of drug-likeness (QED) is 0.310. The van der Waals surface area contributed by atoms with Crippen molar-refractivity contribution >= 4 is 29.9 Å². The van der Waals surface area contributed by atoms with Gasteiger partial charge in [0.25, 0.3) is 0 Å². The number of benzene rings is 1. The van der Waals surface area contributed by atoms with Gasteiger partial charge < -0.3 is 19.9 Å². The van der Waals surface area contributed by atoms with Gasteiger partial charge in [-0.05, 0) is 36.3 Å². The summed E-state index contributed by atoms with van der Waals surface area (Å²) in [6.07, 6.45) is 8.25. The van der Waals surface area contributed by atoms with Crippen LogP contribution in [-0.4, -0.2) is 41.3 Å². The molecule has 2 N–H and O–H groups in total. The Morgan fingerprint density at radius 3 is 2.77 bits per heavy atom. The Morgan fingerprint density at radius 2 is 2.06 bits per heavy atom. The summed E-state index contributed by atoms with van der Waals surface area (Å²) in [7, 11) is 0. The van der Waals surface area contributed by atoms with Crippen LogP contribution in [0.25, 0.3) is 0 Å². The lowest BCUT2D eigenvalue weighted by atomic mass is 9.78. The Balaban J connectivity index is 0.00000341. The van der Waals surface area contributed by atoms with E-state index in [4.69, 9.17) is 9.73 Å². The number of guanidine groups is 1. The highest BCUT2D eigenvalue weighted by molar-refractivity contribution is 14.0. The zero-order valence-corrected chi connectivity index (χ0v) is 21.6. The van der Waals surface area contributed by atoms with Gasteiger partial charge in [0, 0.05) is 44.6 Å². The van der Waals surface area contributed by atoms with Crippen LogP contribution in [0.15, 0.2) is 48.0 Å². The lowest BCUT2D eigenvalue weighted by molar-refractivity contribution is -0.0835. The van der Waals surface area contributed by atoms with Crippen molar-refractivity contribution in [3.05, 3.63) is 54.1 Å². The van der Waals surface area contributed by atoms with Gasteiger partial charge in [0.1, 0.15) is 0 Å². The molecule has 7 heteroatoms. The van der Waals surface area contributed by atoms with Crippen molar-refractivity contribution in [3.8, 4) is 0 Å². The fraction of sp³-hybridized carbons (Fsp3) is 0.583. The number of ether oxygens (including phenoxy) is 1. The Labute approximate surface area is 204 Å². The van der Waals surface area contributed by atoms with E-state index in [0.29, 0.717) is 12.5 Å². The summed E-state index contributed by atoms with van der Waals surface area (Å²) in [6.45, 7) is 13.0. The standard InChI is InChI=1S/C24H37N5O.HI/c1-5-26-23(28-16-21-10-7-13-30-22(21)24(2,3)4)27-15-19-8-6-9-20(14-19)17-29-12-11-25-18-29;/h6,8-9,11-12,14,18,21-22H,5,7,10,13,15-17H2,1-4H3,(H2,26,27,28);1H. The van der Waals surface area contributed by atoms with Crippen molar-refractivity contribution in [1.82, 2.24) is 20.2 Å². The van der Waals surface area contributed by atoms with Crippen molar-refractivity contribution in [1.29, 1.82) is 0 Å². The molecule has 1 saturated heterocycles. The number of aliphatic imine (C=N–C) groups is 1. The molecule has 2 unspecified atom stereocenters. The highest BCUT2D eigenvalue weighted by Crippen LogP contribution is 2.33. The summed E-state index contributed by atoms with van der Waals surface area (Å²) in [4.78, 5) is 8.94. The van der Waals surface area contributed by atoms with Crippen molar-refractivity contribution < 1.29 is 4.74 Å². The third-order valence-electron chi connectivity index (χ3n) is 5.51. The van der Waals surface area contributed by atoms with E-state index >= 15 is 0 Å². The van der Waals surface area contributed by atoms with Gasteiger partial charge in [0.2, 0.25) is 0 Å². The topological polar surface area (TPSA) is 63.5 Å². The molecule has 1 aliphatic heterocycles. The molecule has 2 heterocycles. The van der Waals surface area contributed by atoms with E-state index in [9.17, 15) is 0 Å². The van der Waals surface area contributed by atoms with Gasteiger partial charge in [-0.15, -0.1) is 24.0 Å². The average molecular weight is 540 g/mol. The second-order valence-corrected chi connectivity index (χ2v) is 9.19. The molecule has 1 aromatic carbocycles. The first kappa shape index (κ1) is 25.6. The molecule has 1 aliphatic rings. The van der Waals surface area contributed by atoms with Gasteiger partial charge in [-0.1, -0.05) is 45.0 Å². The highest BCUT2D eigenvalue weighted by atomic mass is 127. The minimum absolute atomic E-state index is 0. The second kappa shape index (κ2) is 12.4. The third kappa shape index (κ3) is 8.11. The molecule has 0 bridgehead atoms. The monoisotopic (exact) mass is 539 g/mol. The van der Waals surface area contributed by atoms with E-state index in [1.54, 1.807) is 0 Å². The maximum absolute atomic E-state index is 6.13. The molecule has 0 radical (unpaired) electrons. The first-order valence-corrected chi connectivity index (χ1v) is 11.1. The molecule has 1 fully saturated rings. The van der Waals surface area contributed by atoms with E-state index in [1.165, 1.54) is 17.5 Å². The number of nitrogens with zero attached hydrogens (tertiary/aromatic N) is 3. The number of hydrogen-bond donors (Lipinski definition) is 2.